The summed E-state index contributed by atoms with van der Waals surface area (Å²) in [5, 5.41) is 12.5. The first-order valence-electron chi connectivity index (χ1n) is 21.0. The van der Waals surface area contributed by atoms with E-state index in [1.165, 1.54) is 104 Å². The average Bonchev–Trinajstić information content (AvgIpc) is 3.54. The van der Waals surface area contributed by atoms with E-state index in [1.54, 1.807) is 0 Å². The van der Waals surface area contributed by atoms with Crippen LogP contribution in [0.3, 0.4) is 0 Å². The maximum absolute atomic E-state index is 2.56. The van der Waals surface area contributed by atoms with Gasteiger partial charge < -0.3 is 4.90 Å². The smallest absolute Gasteiger partial charge is 0.0625 e. The number of rotatable bonds is 5. The zero-order valence-electron chi connectivity index (χ0n) is 33.7. The number of nitrogens with zero attached hydrogens (tertiary/aromatic N) is 1. The first kappa shape index (κ1) is 34.6. The predicted octanol–water partition coefficient (Wildman–Crippen LogP) is 16.6. The molecule has 0 heterocycles. The van der Waals surface area contributed by atoms with Crippen LogP contribution in [0.5, 0.6) is 0 Å². The molecule has 1 aliphatic carbocycles. The topological polar surface area (TPSA) is 3.24 Å². The summed E-state index contributed by atoms with van der Waals surface area (Å²) >= 11 is 0. The molecule has 0 unspecified atom stereocenters. The fourth-order valence-electron chi connectivity index (χ4n) is 10.3. The molecule has 1 nitrogen and oxygen atoms in total. The Labute approximate surface area is 350 Å². The molecule has 0 N–H and O–H groups in total. The van der Waals surface area contributed by atoms with Crippen LogP contribution in [0.4, 0.5) is 17.1 Å². The Morgan fingerprint density at radius 2 is 0.850 bits per heavy atom. The van der Waals surface area contributed by atoms with Crippen molar-refractivity contribution in [2.75, 3.05) is 4.90 Å². The molecule has 0 atom stereocenters. The van der Waals surface area contributed by atoms with E-state index in [-0.39, 0.29) is 5.41 Å². The van der Waals surface area contributed by atoms with Crippen molar-refractivity contribution in [1.29, 1.82) is 0 Å². The Morgan fingerprint density at radius 3 is 1.63 bits per heavy atom. The molecule has 0 radical (unpaired) electrons. The van der Waals surface area contributed by atoms with Crippen molar-refractivity contribution in [3.05, 3.63) is 223 Å². The van der Waals surface area contributed by atoms with Crippen LogP contribution in [0.25, 0.3) is 87.2 Å². The second kappa shape index (κ2) is 13.3. The van der Waals surface area contributed by atoms with Crippen LogP contribution in [-0.4, -0.2) is 0 Å². The second-order valence-electron chi connectivity index (χ2n) is 16.8. The van der Waals surface area contributed by atoms with Crippen LogP contribution in [0.15, 0.2) is 212 Å². The van der Waals surface area contributed by atoms with Crippen molar-refractivity contribution in [1.82, 2.24) is 0 Å². The number of anilines is 3. The van der Waals surface area contributed by atoms with Crippen LogP contribution in [0.1, 0.15) is 25.0 Å². The minimum absolute atomic E-state index is 0.159. The molecule has 0 amide bonds. The summed E-state index contributed by atoms with van der Waals surface area (Å²) in [6.07, 6.45) is 0. The summed E-state index contributed by atoms with van der Waals surface area (Å²) in [5.41, 5.74) is 13.5. The van der Waals surface area contributed by atoms with Crippen LogP contribution < -0.4 is 4.90 Å². The summed E-state index contributed by atoms with van der Waals surface area (Å²) < 4.78 is 0. The molecular formula is C59H41N. The quantitative estimate of drug-likeness (QED) is 0.158. The molecule has 0 aromatic heterocycles. The zero-order valence-corrected chi connectivity index (χ0v) is 33.7. The van der Waals surface area contributed by atoms with Crippen LogP contribution >= 0.6 is 0 Å². The van der Waals surface area contributed by atoms with Gasteiger partial charge in [0.05, 0.1) is 5.69 Å². The van der Waals surface area contributed by atoms with E-state index in [4.69, 9.17) is 0 Å². The fourth-order valence-corrected chi connectivity index (χ4v) is 10.3. The van der Waals surface area contributed by atoms with Gasteiger partial charge in [-0.15, -0.1) is 0 Å². The Balaban J connectivity index is 1.19. The van der Waals surface area contributed by atoms with Crippen LogP contribution in [0.2, 0.25) is 0 Å². The highest BCUT2D eigenvalue weighted by Crippen LogP contribution is 2.54. The molecule has 60 heavy (non-hydrogen) atoms. The van der Waals surface area contributed by atoms with Gasteiger partial charge in [0.15, 0.2) is 0 Å². The lowest BCUT2D eigenvalue weighted by Gasteiger charge is -2.32. The Hall–Kier alpha value is -7.48. The summed E-state index contributed by atoms with van der Waals surface area (Å²) in [7, 11) is 0. The standard InChI is InChI=1S/C59H41N/c1-59(2)55-25-12-11-22-50(55)51-33-32-44(37-56(51)59)60(43-30-28-39(29-31-43)42-27-26-38-14-3-4-16-41(38)36-42)58-54(46-24-13-17-40-15-5-6-18-45(40)46)35-34-53-49-21-8-7-19-47(49)48-20-9-10-23-52(48)57(53)58/h3-37H,1-2H3. The minimum atomic E-state index is -0.159. The van der Waals surface area contributed by atoms with Gasteiger partial charge in [0.25, 0.3) is 0 Å². The van der Waals surface area contributed by atoms with Gasteiger partial charge in [-0.25, -0.2) is 0 Å². The first-order valence-corrected chi connectivity index (χ1v) is 21.0. The third-order valence-electron chi connectivity index (χ3n) is 13.2. The van der Waals surface area contributed by atoms with Crippen molar-refractivity contribution < 1.29 is 0 Å². The summed E-state index contributed by atoms with van der Waals surface area (Å²) in [6, 6.07) is 79.0. The molecule has 0 saturated heterocycles. The fraction of sp³-hybridized carbons (Fsp3) is 0.0508. The van der Waals surface area contributed by atoms with Crippen molar-refractivity contribution in [2.45, 2.75) is 19.3 Å². The monoisotopic (exact) mass is 763 g/mol. The predicted molar refractivity (Wildman–Crippen MR) is 257 cm³/mol. The SMILES string of the molecule is CC1(C)c2ccccc2-c2ccc(N(c3ccc(-c4ccc5ccccc5c4)cc3)c3c(-c4cccc5ccccc45)ccc4c5ccccc5c5ccccc5c34)cc21. The Bertz CT molecular complexity index is 3480. The number of hydrogen-bond donors (Lipinski definition) is 0. The molecule has 0 saturated carbocycles. The Morgan fingerprint density at radius 1 is 0.317 bits per heavy atom. The zero-order chi connectivity index (χ0) is 40.0. The molecule has 1 aliphatic rings. The number of fused-ring (bicyclic) bond motifs is 11. The molecule has 282 valence electrons. The van der Waals surface area contributed by atoms with E-state index in [2.05, 4.69) is 231 Å². The third kappa shape index (κ3) is 5.19. The largest absolute Gasteiger partial charge is 0.309 e. The first-order chi connectivity index (χ1) is 29.5. The summed E-state index contributed by atoms with van der Waals surface area (Å²) in [5.74, 6) is 0. The van der Waals surface area contributed by atoms with E-state index >= 15 is 0 Å². The Kier molecular flexibility index (Phi) is 7.65. The molecule has 0 fully saturated rings. The van der Waals surface area contributed by atoms with Gasteiger partial charge in [-0.1, -0.05) is 196 Å². The molecule has 0 bridgehead atoms. The molecule has 0 aliphatic heterocycles. The van der Waals surface area contributed by atoms with Gasteiger partial charge in [0, 0.05) is 27.7 Å². The molecule has 11 aromatic carbocycles. The van der Waals surface area contributed by atoms with Gasteiger partial charge >= 0.3 is 0 Å². The second-order valence-corrected chi connectivity index (χ2v) is 16.8. The average molecular weight is 764 g/mol. The van der Waals surface area contributed by atoms with Crippen molar-refractivity contribution in [2.24, 2.45) is 0 Å². The van der Waals surface area contributed by atoms with Crippen molar-refractivity contribution in [3.63, 3.8) is 0 Å². The van der Waals surface area contributed by atoms with E-state index in [1.807, 2.05) is 0 Å². The molecule has 11 aromatic rings. The lowest BCUT2D eigenvalue weighted by atomic mass is 9.82. The number of hydrogen-bond acceptors (Lipinski definition) is 1. The van der Waals surface area contributed by atoms with Crippen molar-refractivity contribution in [3.8, 4) is 33.4 Å². The van der Waals surface area contributed by atoms with Gasteiger partial charge in [0.2, 0.25) is 0 Å². The van der Waals surface area contributed by atoms with E-state index < -0.39 is 0 Å². The molecule has 1 heteroatoms. The van der Waals surface area contributed by atoms with Gasteiger partial charge in [-0.05, 0) is 118 Å². The maximum atomic E-state index is 2.56. The lowest BCUT2D eigenvalue weighted by Crippen LogP contribution is -2.17. The molecule has 0 spiro atoms. The lowest BCUT2D eigenvalue weighted by molar-refractivity contribution is 0.660. The number of benzene rings is 11. The van der Waals surface area contributed by atoms with Crippen molar-refractivity contribution >= 4 is 70.9 Å². The summed E-state index contributed by atoms with van der Waals surface area (Å²) in [6.45, 7) is 4.76. The van der Waals surface area contributed by atoms with Gasteiger partial charge in [0.1, 0.15) is 0 Å². The van der Waals surface area contributed by atoms with E-state index in [9.17, 15) is 0 Å². The van der Waals surface area contributed by atoms with Gasteiger partial charge in [-0.2, -0.15) is 0 Å². The highest BCUT2D eigenvalue weighted by molar-refractivity contribution is 6.30. The minimum Gasteiger partial charge on any atom is -0.309 e. The van der Waals surface area contributed by atoms with Crippen LogP contribution in [0, 0.1) is 0 Å². The van der Waals surface area contributed by atoms with E-state index in [0.29, 0.717) is 0 Å². The normalized spacial score (nSPS) is 13.0. The highest BCUT2D eigenvalue weighted by atomic mass is 15.1. The van der Waals surface area contributed by atoms with E-state index in [0.717, 1.165) is 11.4 Å². The summed E-state index contributed by atoms with van der Waals surface area (Å²) in [4.78, 5) is 2.56. The van der Waals surface area contributed by atoms with Gasteiger partial charge in [-0.3, -0.25) is 0 Å². The highest BCUT2D eigenvalue weighted by Gasteiger charge is 2.36. The molecular weight excluding hydrogens is 723 g/mol. The van der Waals surface area contributed by atoms with Crippen LogP contribution in [-0.2, 0) is 5.41 Å². The molecule has 12 rings (SSSR count). The third-order valence-corrected chi connectivity index (χ3v) is 13.2. The maximum Gasteiger partial charge on any atom is 0.0625 e.